The summed E-state index contributed by atoms with van der Waals surface area (Å²) in [6.07, 6.45) is -1.32. The van der Waals surface area contributed by atoms with Gasteiger partial charge in [-0.2, -0.15) is 22.0 Å². The van der Waals surface area contributed by atoms with E-state index >= 15 is 0 Å². The SMILES string of the molecule is CC(F)(F)C(F)(F)F.CCCCC. The summed E-state index contributed by atoms with van der Waals surface area (Å²) in [6.45, 7) is 4.24. The van der Waals surface area contributed by atoms with Gasteiger partial charge in [0.2, 0.25) is 0 Å². The van der Waals surface area contributed by atoms with E-state index in [4.69, 9.17) is 0 Å². The fourth-order valence-corrected chi connectivity index (χ4v) is 0.354. The Labute approximate surface area is 75.1 Å². The molecule has 0 aliphatic heterocycles. The van der Waals surface area contributed by atoms with E-state index in [0.29, 0.717) is 0 Å². The van der Waals surface area contributed by atoms with E-state index in [1.807, 2.05) is 0 Å². The summed E-state index contributed by atoms with van der Waals surface area (Å²) < 4.78 is 54.6. The topological polar surface area (TPSA) is 0 Å². The first-order chi connectivity index (χ1) is 5.66. The molecule has 5 heteroatoms. The van der Waals surface area contributed by atoms with Crippen LogP contribution < -0.4 is 0 Å². The normalized spacial score (nSPS) is 12.0. The van der Waals surface area contributed by atoms with Gasteiger partial charge in [0.15, 0.2) is 0 Å². The van der Waals surface area contributed by atoms with Crippen molar-refractivity contribution < 1.29 is 22.0 Å². The van der Waals surface area contributed by atoms with Gasteiger partial charge >= 0.3 is 12.1 Å². The maximum atomic E-state index is 11.1. The Balaban J connectivity index is 0. The number of unbranched alkanes of at least 4 members (excludes halogenated alkanes) is 2. The number of rotatable bonds is 2. The van der Waals surface area contributed by atoms with Crippen LogP contribution in [0.3, 0.4) is 0 Å². The summed E-state index contributed by atoms with van der Waals surface area (Å²) in [5.74, 6) is -4.56. The second-order valence-corrected chi connectivity index (χ2v) is 2.74. The zero-order valence-corrected chi connectivity index (χ0v) is 8.01. The lowest BCUT2D eigenvalue weighted by Gasteiger charge is -2.12. The molecule has 0 heterocycles. The molecule has 0 amide bonds. The maximum absolute atomic E-state index is 11.1. The Morgan fingerprint density at radius 2 is 1.08 bits per heavy atom. The third-order valence-corrected chi connectivity index (χ3v) is 1.20. The van der Waals surface area contributed by atoms with Gasteiger partial charge in [0.25, 0.3) is 0 Å². The molecular weight excluding hydrogens is 191 g/mol. The molecule has 0 atom stereocenters. The third kappa shape index (κ3) is 9.56. The van der Waals surface area contributed by atoms with Crippen molar-refractivity contribution in [3.63, 3.8) is 0 Å². The molecule has 0 aromatic carbocycles. The summed E-state index contributed by atoms with van der Waals surface area (Å²) in [5, 5.41) is 0. The van der Waals surface area contributed by atoms with Crippen LogP contribution in [0.25, 0.3) is 0 Å². The lowest BCUT2D eigenvalue weighted by molar-refractivity contribution is -0.273. The van der Waals surface area contributed by atoms with E-state index < -0.39 is 12.1 Å². The zero-order valence-electron chi connectivity index (χ0n) is 8.01. The average molecular weight is 206 g/mol. The summed E-state index contributed by atoms with van der Waals surface area (Å²) in [4.78, 5) is 0. The van der Waals surface area contributed by atoms with E-state index in [9.17, 15) is 22.0 Å². The van der Waals surface area contributed by atoms with Crippen molar-refractivity contribution in [2.45, 2.75) is 52.1 Å². The van der Waals surface area contributed by atoms with Gasteiger partial charge in [-0.1, -0.05) is 33.1 Å². The van der Waals surface area contributed by atoms with Crippen LogP contribution in [0.1, 0.15) is 40.0 Å². The Bertz CT molecular complexity index is 96.7. The molecule has 13 heavy (non-hydrogen) atoms. The molecule has 0 N–H and O–H groups in total. The van der Waals surface area contributed by atoms with Gasteiger partial charge < -0.3 is 0 Å². The summed E-state index contributed by atoms with van der Waals surface area (Å²) >= 11 is 0. The summed E-state index contributed by atoms with van der Waals surface area (Å²) in [7, 11) is 0. The third-order valence-electron chi connectivity index (χ3n) is 1.20. The molecule has 0 bridgehead atoms. The zero-order chi connectivity index (χ0) is 11.1. The van der Waals surface area contributed by atoms with Crippen LogP contribution in [0, 0.1) is 0 Å². The molecule has 0 saturated heterocycles. The van der Waals surface area contributed by atoms with Gasteiger partial charge in [0.05, 0.1) is 0 Å². The largest absolute Gasteiger partial charge is 0.452 e. The first kappa shape index (κ1) is 15.1. The number of halogens is 5. The molecule has 0 saturated carbocycles. The van der Waals surface area contributed by atoms with Crippen molar-refractivity contribution in [2.75, 3.05) is 0 Å². The molecule has 0 aromatic heterocycles. The fraction of sp³-hybridized carbons (Fsp3) is 1.00. The van der Waals surface area contributed by atoms with E-state index in [1.165, 1.54) is 19.3 Å². The number of alkyl halides is 5. The quantitative estimate of drug-likeness (QED) is 0.587. The van der Waals surface area contributed by atoms with Crippen LogP contribution in [0.2, 0.25) is 0 Å². The smallest absolute Gasteiger partial charge is 0.197 e. The molecule has 0 aromatic rings. The van der Waals surface area contributed by atoms with Crippen molar-refractivity contribution >= 4 is 0 Å². The first-order valence-electron chi connectivity index (χ1n) is 4.11. The maximum Gasteiger partial charge on any atom is 0.452 e. The van der Waals surface area contributed by atoms with Crippen molar-refractivity contribution in [3.8, 4) is 0 Å². The van der Waals surface area contributed by atoms with E-state index in [1.54, 1.807) is 0 Å². The van der Waals surface area contributed by atoms with Gasteiger partial charge in [-0.3, -0.25) is 0 Å². The minimum absolute atomic E-state index is 0.188. The van der Waals surface area contributed by atoms with Crippen molar-refractivity contribution in [3.05, 3.63) is 0 Å². The standard InChI is InChI=1S/C5H12.C3H3F5/c1-3-5-4-2;1-2(4,5)3(6,7)8/h3-5H2,1-2H3;1H3. The molecule has 82 valence electrons. The molecule has 0 spiro atoms. The Morgan fingerprint density at radius 1 is 0.846 bits per heavy atom. The molecular formula is C8H15F5. The molecule has 0 aliphatic rings. The summed E-state index contributed by atoms with van der Waals surface area (Å²) in [6, 6.07) is 0. The fourth-order valence-electron chi connectivity index (χ4n) is 0.354. The lowest BCUT2D eigenvalue weighted by Crippen LogP contribution is -2.32. The van der Waals surface area contributed by atoms with Gasteiger partial charge in [0.1, 0.15) is 0 Å². The average Bonchev–Trinajstić information content (AvgIpc) is 1.85. The Hall–Kier alpha value is -0.350. The highest BCUT2D eigenvalue weighted by Crippen LogP contribution is 2.34. The minimum Gasteiger partial charge on any atom is -0.197 e. The highest BCUT2D eigenvalue weighted by molar-refractivity contribution is 4.67. The molecule has 0 unspecified atom stereocenters. The van der Waals surface area contributed by atoms with E-state index in [2.05, 4.69) is 13.8 Å². The molecule has 0 fully saturated rings. The van der Waals surface area contributed by atoms with Crippen LogP contribution >= 0.6 is 0 Å². The molecule has 0 rings (SSSR count). The van der Waals surface area contributed by atoms with Gasteiger partial charge in [0, 0.05) is 6.92 Å². The highest BCUT2D eigenvalue weighted by atomic mass is 19.4. The van der Waals surface area contributed by atoms with Crippen LogP contribution in [0.4, 0.5) is 22.0 Å². The molecule has 0 radical (unpaired) electrons. The lowest BCUT2D eigenvalue weighted by atomic mass is 10.3. The predicted molar refractivity (Wildman–Crippen MR) is 41.9 cm³/mol. The monoisotopic (exact) mass is 206 g/mol. The highest BCUT2D eigenvalue weighted by Gasteiger charge is 2.52. The van der Waals surface area contributed by atoms with Crippen molar-refractivity contribution in [1.82, 2.24) is 0 Å². The van der Waals surface area contributed by atoms with Crippen LogP contribution in [0.15, 0.2) is 0 Å². The van der Waals surface area contributed by atoms with Crippen molar-refractivity contribution in [1.29, 1.82) is 0 Å². The van der Waals surface area contributed by atoms with Crippen molar-refractivity contribution in [2.24, 2.45) is 0 Å². The first-order valence-corrected chi connectivity index (χ1v) is 4.11. The van der Waals surface area contributed by atoms with Crippen LogP contribution in [-0.4, -0.2) is 12.1 Å². The van der Waals surface area contributed by atoms with Gasteiger partial charge in [-0.25, -0.2) is 0 Å². The van der Waals surface area contributed by atoms with Crippen LogP contribution in [0.5, 0.6) is 0 Å². The second kappa shape index (κ2) is 6.16. The molecule has 0 aliphatic carbocycles. The molecule has 0 nitrogen and oxygen atoms in total. The Morgan fingerprint density at radius 3 is 1.08 bits per heavy atom. The van der Waals surface area contributed by atoms with Gasteiger partial charge in [-0.15, -0.1) is 0 Å². The Kier molecular flexibility index (Phi) is 7.17. The van der Waals surface area contributed by atoms with Gasteiger partial charge in [-0.05, 0) is 0 Å². The predicted octanol–water partition coefficient (Wildman–Crippen LogP) is 4.40. The summed E-state index contributed by atoms with van der Waals surface area (Å²) in [5.41, 5.74) is 0. The number of hydrogen-bond acceptors (Lipinski definition) is 0. The van der Waals surface area contributed by atoms with Crippen LogP contribution in [-0.2, 0) is 0 Å². The van der Waals surface area contributed by atoms with E-state index in [-0.39, 0.29) is 6.92 Å². The number of hydrogen-bond donors (Lipinski definition) is 0. The van der Waals surface area contributed by atoms with E-state index in [0.717, 1.165) is 0 Å². The minimum atomic E-state index is -5.40. The second-order valence-electron chi connectivity index (χ2n) is 2.74.